The van der Waals surface area contributed by atoms with E-state index < -0.39 is 0 Å². The first kappa shape index (κ1) is 13.5. The van der Waals surface area contributed by atoms with Gasteiger partial charge in [0.1, 0.15) is 17.1 Å². The molecule has 2 aliphatic heterocycles. The fraction of sp³-hybridized carbons (Fsp3) is 0.273. The highest BCUT2D eigenvalue weighted by Crippen LogP contribution is 2.31. The van der Waals surface area contributed by atoms with E-state index in [9.17, 15) is 0 Å². The fourth-order valence-electron chi connectivity index (χ4n) is 2.34. The largest absolute Gasteiger partial charge is 1.00 e. The van der Waals surface area contributed by atoms with Gasteiger partial charge < -0.3 is 35.9 Å². The molecule has 3 nitrogen and oxygen atoms in total. The third-order valence-electron chi connectivity index (χ3n) is 3.03. The van der Waals surface area contributed by atoms with E-state index in [1.54, 1.807) is 5.57 Å². The summed E-state index contributed by atoms with van der Waals surface area (Å²) in [6, 6.07) is 6.49. The number of fused-ring (bicyclic) bond motifs is 2. The zero-order valence-electron chi connectivity index (χ0n) is 8.89. The number of hydrogen-bond acceptors (Lipinski definition) is 1. The van der Waals surface area contributed by atoms with Gasteiger partial charge in [0, 0.05) is 11.1 Å². The minimum absolute atomic E-state index is 0. The smallest absolute Gasteiger partial charge is 0.148 e. The Morgan fingerprint density at radius 3 is 2.88 bits per heavy atom. The van der Waals surface area contributed by atoms with E-state index in [4.69, 9.17) is 0 Å². The average molecular weight is 260 g/mol. The van der Waals surface area contributed by atoms with Crippen molar-refractivity contribution in [2.75, 3.05) is 13.1 Å². The van der Waals surface area contributed by atoms with Crippen LogP contribution in [-0.4, -0.2) is 13.1 Å². The van der Waals surface area contributed by atoms with Crippen LogP contribution >= 0.6 is 0 Å². The molecule has 2 aliphatic rings. The van der Waals surface area contributed by atoms with Gasteiger partial charge in [-0.15, -0.1) is 0 Å². The lowest BCUT2D eigenvalue weighted by Gasteiger charge is -2.11. The lowest BCUT2D eigenvalue weighted by molar-refractivity contribution is -0.514. The highest BCUT2D eigenvalue weighted by molar-refractivity contribution is 5.79. The van der Waals surface area contributed by atoms with Crippen LogP contribution in [0.4, 0.5) is 11.4 Å². The molecule has 0 aromatic heterocycles. The topological polar surface area (TPSA) is 56.3 Å². The highest BCUT2D eigenvalue weighted by atomic mass is 35.5. The summed E-state index contributed by atoms with van der Waals surface area (Å²) in [5.74, 6) is 0. The van der Waals surface area contributed by atoms with Crippen molar-refractivity contribution in [3.63, 3.8) is 0 Å². The molecule has 0 saturated heterocycles. The van der Waals surface area contributed by atoms with E-state index in [2.05, 4.69) is 34.6 Å². The van der Waals surface area contributed by atoms with Gasteiger partial charge >= 0.3 is 0 Å². The van der Waals surface area contributed by atoms with Crippen molar-refractivity contribution in [1.29, 1.82) is 0 Å². The molecule has 0 radical (unpaired) electrons. The van der Waals surface area contributed by atoms with E-state index in [-0.39, 0.29) is 24.8 Å². The molecule has 0 bridgehead atoms. The van der Waals surface area contributed by atoms with Crippen LogP contribution in [-0.2, 0) is 0 Å². The molecule has 0 atom stereocenters. The molecule has 16 heavy (non-hydrogen) atoms. The van der Waals surface area contributed by atoms with Crippen LogP contribution < -0.4 is 41.2 Å². The maximum Gasteiger partial charge on any atom is 0.148 e. The first-order valence-corrected chi connectivity index (χ1v) is 5.08. The molecule has 0 unspecified atom stereocenters. The Bertz CT molecular complexity index is 429. The summed E-state index contributed by atoms with van der Waals surface area (Å²) < 4.78 is 0. The molecular formula is C11H15Cl2N3. The van der Waals surface area contributed by atoms with Gasteiger partial charge in [-0.3, -0.25) is 5.32 Å². The highest BCUT2D eigenvalue weighted by Gasteiger charge is 2.28. The standard InChI is InChI=1S/C11H13N3.2ClH/c12-7-1-2-8-9-3-4-13-6-11(9)14-10(8)5-7;;/h1-2,5,13-14H,3-4,6,12H2;2*1H. The molecule has 1 aromatic rings. The number of nitrogens with one attached hydrogen (secondary N) is 1. The molecule has 6 N–H and O–H groups in total. The van der Waals surface area contributed by atoms with Crippen molar-refractivity contribution in [2.24, 2.45) is 0 Å². The molecule has 3 rings (SSSR count). The number of nitrogens with two attached hydrogens (primary N) is 1. The minimum Gasteiger partial charge on any atom is -1.00 e. The first-order chi connectivity index (χ1) is 6.84. The summed E-state index contributed by atoms with van der Waals surface area (Å²) >= 11 is 0. The van der Waals surface area contributed by atoms with Gasteiger partial charge in [-0.05, 0) is 25.1 Å². The zero-order valence-corrected chi connectivity index (χ0v) is 10.4. The fourth-order valence-corrected chi connectivity index (χ4v) is 2.34. The maximum absolute atomic E-state index is 3.96. The third kappa shape index (κ3) is 2.10. The zero-order chi connectivity index (χ0) is 9.54. The van der Waals surface area contributed by atoms with Crippen LogP contribution in [0, 0.1) is 0 Å². The van der Waals surface area contributed by atoms with E-state index in [0.717, 1.165) is 25.2 Å². The first-order valence-electron chi connectivity index (χ1n) is 5.08. The molecular weight excluding hydrogens is 245 g/mol. The van der Waals surface area contributed by atoms with Gasteiger partial charge in [-0.2, -0.15) is 0 Å². The molecule has 88 valence electrons. The molecule has 1 aromatic carbocycles. The summed E-state index contributed by atoms with van der Waals surface area (Å²) in [7, 11) is 0. The predicted molar refractivity (Wildman–Crippen MR) is 55.0 cm³/mol. The van der Waals surface area contributed by atoms with E-state index in [1.165, 1.54) is 16.9 Å². The Morgan fingerprint density at radius 1 is 1.25 bits per heavy atom. The quantitative estimate of drug-likeness (QED) is 0.399. The summed E-state index contributed by atoms with van der Waals surface area (Å²) in [4.78, 5) is 0. The van der Waals surface area contributed by atoms with Gasteiger partial charge in [0.2, 0.25) is 0 Å². The number of quaternary nitrogens is 2. The van der Waals surface area contributed by atoms with Crippen LogP contribution in [0.1, 0.15) is 12.0 Å². The Morgan fingerprint density at radius 2 is 2.06 bits per heavy atom. The number of benzene rings is 1. The lowest BCUT2D eigenvalue weighted by atomic mass is 10.0. The molecule has 0 spiro atoms. The number of rotatable bonds is 0. The van der Waals surface area contributed by atoms with Crippen LogP contribution in [0.3, 0.4) is 0 Å². The van der Waals surface area contributed by atoms with Gasteiger partial charge in [0.25, 0.3) is 0 Å². The lowest BCUT2D eigenvalue weighted by Crippen LogP contribution is -3.00. The Labute approximate surface area is 107 Å². The Balaban J connectivity index is 0.000000640. The Hall–Kier alpha value is -0.580. The molecule has 0 amide bonds. The average Bonchev–Trinajstić information content (AvgIpc) is 2.54. The van der Waals surface area contributed by atoms with Crippen LogP contribution in [0.5, 0.6) is 0 Å². The predicted octanol–water partition coefficient (Wildman–Crippen LogP) is -6.52. The SMILES string of the molecule is [Cl-].[Cl-].[NH3+]c1ccc2c(c1)[NH2+]C1=C2CCNC1. The van der Waals surface area contributed by atoms with Gasteiger partial charge in [-0.25, -0.2) is 0 Å². The van der Waals surface area contributed by atoms with Gasteiger partial charge in [0.05, 0.1) is 12.6 Å². The number of hydrogen-bond donors (Lipinski definition) is 3. The van der Waals surface area contributed by atoms with Crippen molar-refractivity contribution in [3.8, 4) is 0 Å². The molecule has 0 saturated carbocycles. The van der Waals surface area contributed by atoms with E-state index >= 15 is 0 Å². The third-order valence-corrected chi connectivity index (χ3v) is 3.03. The molecule has 2 heterocycles. The second-order valence-corrected chi connectivity index (χ2v) is 4.00. The number of halogens is 2. The monoisotopic (exact) mass is 259 g/mol. The summed E-state index contributed by atoms with van der Waals surface area (Å²) in [6.45, 7) is 2.13. The second kappa shape index (κ2) is 5.17. The van der Waals surface area contributed by atoms with Crippen LogP contribution in [0.15, 0.2) is 23.9 Å². The van der Waals surface area contributed by atoms with Gasteiger partial charge in [0.15, 0.2) is 0 Å². The van der Waals surface area contributed by atoms with Crippen LogP contribution in [0.25, 0.3) is 5.57 Å². The normalized spacial score (nSPS) is 17.1. The molecule has 0 aliphatic carbocycles. The Kier molecular flexibility index (Phi) is 4.35. The van der Waals surface area contributed by atoms with Crippen molar-refractivity contribution >= 4 is 16.9 Å². The summed E-state index contributed by atoms with van der Waals surface area (Å²) in [5.41, 5.74) is 10.9. The van der Waals surface area contributed by atoms with Crippen molar-refractivity contribution in [1.82, 2.24) is 5.32 Å². The molecule has 0 fully saturated rings. The van der Waals surface area contributed by atoms with Crippen LogP contribution in [0.2, 0.25) is 0 Å². The van der Waals surface area contributed by atoms with E-state index in [1.807, 2.05) is 0 Å². The minimum atomic E-state index is 0. The summed E-state index contributed by atoms with van der Waals surface area (Å²) in [6.07, 6.45) is 1.16. The van der Waals surface area contributed by atoms with Gasteiger partial charge in [-0.1, -0.05) is 0 Å². The second-order valence-electron chi connectivity index (χ2n) is 4.00. The van der Waals surface area contributed by atoms with E-state index in [0.29, 0.717) is 0 Å². The van der Waals surface area contributed by atoms with Crippen molar-refractivity contribution in [3.05, 3.63) is 29.5 Å². The maximum atomic E-state index is 3.96. The molecule has 5 heteroatoms. The summed E-state index contributed by atoms with van der Waals surface area (Å²) in [5, 5.41) is 5.70. The van der Waals surface area contributed by atoms with Crippen molar-refractivity contribution < 1.29 is 35.9 Å². The van der Waals surface area contributed by atoms with Crippen molar-refractivity contribution in [2.45, 2.75) is 6.42 Å².